The Morgan fingerprint density at radius 2 is 0.370 bits per heavy atom. The molecule has 0 saturated carbocycles. The molecule has 1 heterocycles. The molecule has 138 heavy (non-hydrogen) atoms. The van der Waals surface area contributed by atoms with Gasteiger partial charge in [0.2, 0.25) is 0 Å². The molecule has 2 aromatic rings. The fourth-order valence-electron chi connectivity index (χ4n) is 13.9. The molecule has 0 fully saturated rings. The molecule has 0 amide bonds. The number of nitrogens with one attached hydrogen (secondary N) is 6. The van der Waals surface area contributed by atoms with E-state index >= 15 is 0 Å². The molecule has 840 valence electrons. The van der Waals surface area contributed by atoms with Crippen LogP contribution in [0, 0.1) is 130 Å². The van der Waals surface area contributed by atoms with Gasteiger partial charge in [0.25, 0.3) is 0 Å². The lowest BCUT2D eigenvalue weighted by Gasteiger charge is -2.08. The fourth-order valence-corrected chi connectivity index (χ4v) is 13.9. The summed E-state index contributed by atoms with van der Waals surface area (Å²) in [7, 11) is 0. The minimum atomic E-state index is 0.620. The lowest BCUT2D eigenvalue weighted by molar-refractivity contribution is 0.0292. The van der Waals surface area contributed by atoms with Crippen molar-refractivity contribution in [3.8, 4) is 0 Å². The first kappa shape index (κ1) is 159. The van der Waals surface area contributed by atoms with Gasteiger partial charge >= 0.3 is 0 Å². The predicted molar refractivity (Wildman–Crippen MR) is 640 cm³/mol. The van der Waals surface area contributed by atoms with Gasteiger partial charge < -0.3 is 36.1 Å². The van der Waals surface area contributed by atoms with Crippen molar-refractivity contribution in [1.82, 2.24) is 41.8 Å². The predicted octanol–water partition coefficient (Wildman–Crippen LogP) is 40.4. The quantitative estimate of drug-likeness (QED) is 0.0360. The molecular formula is C128H276N8O2. The van der Waals surface area contributed by atoms with Crippen molar-refractivity contribution in [1.29, 1.82) is 0 Å². The lowest BCUT2D eigenvalue weighted by atomic mass is 10.0. The molecule has 10 nitrogen and oxygen atoms in total. The first-order valence-corrected chi connectivity index (χ1v) is 60.4. The smallest absolute Gasteiger partial charge is 0.137 e. The van der Waals surface area contributed by atoms with Crippen LogP contribution >= 0.6 is 0 Å². The van der Waals surface area contributed by atoms with Crippen LogP contribution in [0.2, 0.25) is 0 Å². The van der Waals surface area contributed by atoms with E-state index in [-0.39, 0.29) is 0 Å². The van der Waals surface area contributed by atoms with Gasteiger partial charge in [-0.05, 0) is 253 Å². The standard InChI is InChI=1S/C18H39N.C16H36N2.C12H26.C11H25N.C10H23N.C10H22O2.C10H22.2C9H20.C8H18.C7H16.C6H6.C2H3N3/c1-17(2)13-9-5-7-11-15-19-16-12-8-6-10-14-18(3)4;1-15(2)10-6-9-12-17-11-7-5-8-13-18-14-16(3)4;1-11(2)9-7-5-6-8-10-12(3)4;1-10(2)7-5-6-8-12-9-11(3)4;1-9(2)5-7-11-8-6-10(3)4;1-9(2)7-11-5-6-12-8-10(3)4;1-9(2)7-5-6-8-10(3)4;2*1-8(2)6-5-7-9(3)4;1-7(2)5-6-8(3)4;1-6(2)5-7(3)4;1-2-4-6-5-3-1;1-3-2-5-4-1/h17-19H,5-16H2,1-4H3;15-18H,5-14H2,1-4H3;11-12H,5-10H2,1-4H3;10-12H,5-9H2,1-4H3;9-11H,5-8H2,1-4H3;9-10H,5-8H2,1-4H3;9-10H,5-8H2,1-4H3;2*8-9H,5-7H2,1-4H3;7-8H,5-6H2,1-4H3;6-7H,5H2,1-4H3;1-6H;1-2H,(H,3,4,5). The largest absolute Gasteiger partial charge is 0.379 e. The number of rotatable bonds is 72. The Labute approximate surface area is 878 Å². The molecule has 2 rings (SSSR count). The molecule has 0 radical (unpaired) electrons. The highest BCUT2D eigenvalue weighted by molar-refractivity contribution is 4.99. The van der Waals surface area contributed by atoms with Crippen LogP contribution in [0.4, 0.5) is 0 Å². The van der Waals surface area contributed by atoms with Gasteiger partial charge in [0.1, 0.15) is 12.7 Å². The van der Waals surface area contributed by atoms with E-state index in [1.807, 2.05) is 36.4 Å². The number of benzene rings is 1. The highest BCUT2D eigenvalue weighted by Crippen LogP contribution is 2.18. The van der Waals surface area contributed by atoms with Gasteiger partial charge in [0, 0.05) is 13.2 Å². The van der Waals surface area contributed by atoms with E-state index in [4.69, 9.17) is 9.47 Å². The minimum absolute atomic E-state index is 0.620. The Balaban J connectivity index is -0.000000143. The molecule has 0 spiro atoms. The number of H-pyrrole nitrogens is 1. The summed E-state index contributed by atoms with van der Waals surface area (Å²) in [6, 6.07) is 12.0. The third kappa shape index (κ3) is 223. The second-order valence-corrected chi connectivity index (χ2v) is 50.3. The molecule has 1 aromatic heterocycles. The van der Waals surface area contributed by atoms with Crippen molar-refractivity contribution >= 4 is 0 Å². The van der Waals surface area contributed by atoms with Gasteiger partial charge in [0.05, 0.1) is 13.2 Å². The summed E-state index contributed by atoms with van der Waals surface area (Å²) >= 11 is 0. The van der Waals surface area contributed by atoms with Crippen LogP contribution in [0.1, 0.15) is 561 Å². The van der Waals surface area contributed by atoms with Crippen LogP contribution in [-0.2, 0) is 9.47 Å². The molecule has 0 bridgehead atoms. The third-order valence-electron chi connectivity index (χ3n) is 22.4. The number of hydrogen-bond acceptors (Lipinski definition) is 9. The molecule has 0 aliphatic carbocycles. The topological polar surface area (TPSA) is 120 Å². The minimum Gasteiger partial charge on any atom is -0.379 e. The fraction of sp³-hybridized carbons (Fsp3) is 0.938. The molecule has 0 aliphatic heterocycles. The van der Waals surface area contributed by atoms with Gasteiger partial charge in [-0.3, -0.25) is 5.10 Å². The van der Waals surface area contributed by atoms with Crippen LogP contribution in [0.5, 0.6) is 0 Å². The van der Waals surface area contributed by atoms with Crippen LogP contribution < -0.4 is 26.6 Å². The molecule has 0 atom stereocenters. The van der Waals surface area contributed by atoms with E-state index < -0.39 is 0 Å². The van der Waals surface area contributed by atoms with Crippen LogP contribution in [0.25, 0.3) is 0 Å². The van der Waals surface area contributed by atoms with Gasteiger partial charge in [-0.2, -0.15) is 5.10 Å². The molecule has 0 aliphatic rings. The molecule has 6 N–H and O–H groups in total. The summed E-state index contributed by atoms with van der Waals surface area (Å²) in [6.45, 7) is 115. The number of aromatic amines is 1. The zero-order chi connectivity index (χ0) is 108. The molecule has 0 unspecified atom stereocenters. The van der Waals surface area contributed by atoms with Crippen LogP contribution in [-0.4, -0.2) is 107 Å². The maximum Gasteiger partial charge on any atom is 0.137 e. The van der Waals surface area contributed by atoms with Crippen LogP contribution in [0.3, 0.4) is 0 Å². The van der Waals surface area contributed by atoms with Crippen molar-refractivity contribution in [2.75, 3.05) is 91.9 Å². The van der Waals surface area contributed by atoms with Gasteiger partial charge in [-0.25, -0.2) is 4.98 Å². The second-order valence-electron chi connectivity index (χ2n) is 50.3. The second kappa shape index (κ2) is 131. The van der Waals surface area contributed by atoms with Crippen molar-refractivity contribution in [2.45, 2.75) is 561 Å². The number of aromatic nitrogens is 3. The average Bonchev–Trinajstić information content (AvgIpc) is 1.29. The molecule has 10 heteroatoms. The number of ether oxygens (including phenoxy) is 2. The Hall–Kier alpha value is -1.92. The summed E-state index contributed by atoms with van der Waals surface area (Å²) in [5, 5.41) is 23.5. The first-order valence-electron chi connectivity index (χ1n) is 60.4. The van der Waals surface area contributed by atoms with Crippen molar-refractivity contribution in [3.63, 3.8) is 0 Å². The zero-order valence-electron chi connectivity index (χ0n) is 104. The Morgan fingerprint density at radius 3 is 0.551 bits per heavy atom. The molecule has 1 aromatic carbocycles. The number of nitrogens with zero attached hydrogens (tertiary/aromatic N) is 2. The lowest BCUT2D eigenvalue weighted by Crippen LogP contribution is -2.21. The van der Waals surface area contributed by atoms with Crippen LogP contribution in [0.15, 0.2) is 49.1 Å². The normalized spacial score (nSPS) is 11.2. The maximum atomic E-state index is 5.35. The molecular weight excluding hydrogens is 1680 g/mol. The molecule has 0 saturated heterocycles. The summed E-state index contributed by atoms with van der Waals surface area (Å²) < 4.78 is 10.7. The Kier molecular flexibility index (Phi) is 151. The van der Waals surface area contributed by atoms with E-state index in [0.717, 1.165) is 151 Å². The van der Waals surface area contributed by atoms with E-state index in [9.17, 15) is 0 Å². The van der Waals surface area contributed by atoms with Crippen molar-refractivity contribution < 1.29 is 9.47 Å². The summed E-state index contributed by atoms with van der Waals surface area (Å²) in [5.41, 5.74) is 0. The number of unbranched alkanes of at least 4 members (excludes halogenated alkanes) is 14. The van der Waals surface area contributed by atoms with Crippen molar-refractivity contribution in [2.24, 2.45) is 130 Å². The van der Waals surface area contributed by atoms with E-state index in [1.165, 1.54) is 328 Å². The highest BCUT2D eigenvalue weighted by Gasteiger charge is 2.06. The summed E-state index contributed by atoms with van der Waals surface area (Å²) in [5.74, 6) is 18.7. The van der Waals surface area contributed by atoms with E-state index in [1.54, 1.807) is 0 Å². The Morgan fingerprint density at radius 1 is 0.181 bits per heavy atom. The van der Waals surface area contributed by atoms with Gasteiger partial charge in [0.15, 0.2) is 0 Å². The zero-order valence-corrected chi connectivity index (χ0v) is 104. The maximum absolute atomic E-state index is 5.35. The summed E-state index contributed by atoms with van der Waals surface area (Å²) in [4.78, 5) is 3.56. The average molecular weight is 1960 g/mol. The van der Waals surface area contributed by atoms with E-state index in [0.29, 0.717) is 11.8 Å². The number of hydrogen-bond donors (Lipinski definition) is 6. The third-order valence-corrected chi connectivity index (χ3v) is 22.4. The Bertz CT molecular complexity index is 1990. The SMILES string of the molecule is CC(C)CC(C)C.CC(C)CCC(C)C.CC(C)CCCC(C)C.CC(C)CCCC(C)C.CC(C)CCCCC(C)C.CC(C)CCCCCCC(C)C.CC(C)CCCCCCNCCCCCCC(C)C.CC(C)CCCCNCC(C)C.CC(C)CCCCNCCCCCNCC(C)C.CC(C)CCNCCC(C)C.CC(C)COCCOCC(C)C.c1ccccc1.c1nc[nH]n1. The monoisotopic (exact) mass is 1960 g/mol. The first-order chi connectivity index (χ1) is 64.9. The van der Waals surface area contributed by atoms with Gasteiger partial charge in [-0.15, -0.1) is 0 Å². The van der Waals surface area contributed by atoms with Gasteiger partial charge in [-0.1, -0.05) is 540 Å². The highest BCUT2D eigenvalue weighted by atomic mass is 16.5. The van der Waals surface area contributed by atoms with Crippen molar-refractivity contribution in [3.05, 3.63) is 49.1 Å². The summed E-state index contributed by atoms with van der Waals surface area (Å²) in [6.07, 6.45) is 58.7. The van der Waals surface area contributed by atoms with E-state index in [2.05, 4.69) is 346 Å².